The first-order valence-corrected chi connectivity index (χ1v) is 11.6. The van der Waals surface area contributed by atoms with Gasteiger partial charge in [-0.2, -0.15) is 0 Å². The summed E-state index contributed by atoms with van der Waals surface area (Å²) in [5.74, 6) is 2.57. The highest BCUT2D eigenvalue weighted by Gasteiger charge is 2.22. The van der Waals surface area contributed by atoms with Crippen molar-refractivity contribution in [2.45, 2.75) is 17.5 Å². The quantitative estimate of drug-likeness (QED) is 0.253. The van der Waals surface area contributed by atoms with Gasteiger partial charge in [0.15, 0.2) is 16.7 Å². The first-order chi connectivity index (χ1) is 16.6. The lowest BCUT2D eigenvalue weighted by Crippen LogP contribution is -2.24. The largest absolute Gasteiger partial charge is 0.497 e. The van der Waals surface area contributed by atoms with Gasteiger partial charge in [-0.1, -0.05) is 54.2 Å². The molecule has 0 saturated heterocycles. The number of rotatable bonds is 9. The summed E-state index contributed by atoms with van der Waals surface area (Å²) in [7, 11) is 6.22. The van der Waals surface area contributed by atoms with Gasteiger partial charge in [-0.15, -0.1) is 0 Å². The van der Waals surface area contributed by atoms with Gasteiger partial charge >= 0.3 is 0 Å². The number of thioether (sulfide) groups is 1. The highest BCUT2D eigenvalue weighted by atomic mass is 32.2. The molecule has 0 atom stereocenters. The Morgan fingerprint density at radius 3 is 2.24 bits per heavy atom. The van der Waals surface area contributed by atoms with E-state index in [1.54, 1.807) is 17.7 Å². The number of hydrogen-bond acceptors (Lipinski definition) is 7. The molecule has 0 saturated carbocycles. The Hall–Kier alpha value is -3.65. The van der Waals surface area contributed by atoms with E-state index in [0.29, 0.717) is 45.6 Å². The molecule has 34 heavy (non-hydrogen) atoms. The van der Waals surface area contributed by atoms with E-state index in [1.165, 1.54) is 33.1 Å². The molecule has 0 aliphatic rings. The molecule has 0 amide bonds. The minimum absolute atomic E-state index is 0.179. The van der Waals surface area contributed by atoms with Gasteiger partial charge in [0.25, 0.3) is 5.56 Å². The number of ether oxygens (including phenoxy) is 4. The summed E-state index contributed by atoms with van der Waals surface area (Å²) >= 11 is 1.48. The van der Waals surface area contributed by atoms with Gasteiger partial charge in [-0.05, 0) is 29.3 Å². The third-order valence-corrected chi connectivity index (χ3v) is 6.45. The van der Waals surface area contributed by atoms with E-state index in [2.05, 4.69) is 0 Å². The lowest BCUT2D eigenvalue weighted by Gasteiger charge is -2.17. The van der Waals surface area contributed by atoms with Crippen LogP contribution in [0.15, 0.2) is 70.6 Å². The minimum atomic E-state index is -0.179. The average molecular weight is 479 g/mol. The molecule has 4 aromatic rings. The third-order valence-electron chi connectivity index (χ3n) is 5.40. The molecule has 0 N–H and O–H groups in total. The van der Waals surface area contributed by atoms with Crippen LogP contribution in [0, 0.1) is 0 Å². The Balaban J connectivity index is 1.87. The highest BCUT2D eigenvalue weighted by molar-refractivity contribution is 7.98. The van der Waals surface area contributed by atoms with Crippen LogP contribution in [0.5, 0.6) is 23.0 Å². The highest BCUT2D eigenvalue weighted by Crippen LogP contribution is 2.42. The Morgan fingerprint density at radius 1 is 0.824 bits per heavy atom. The fourth-order valence-electron chi connectivity index (χ4n) is 3.73. The van der Waals surface area contributed by atoms with Gasteiger partial charge in [-0.25, -0.2) is 4.98 Å². The molecule has 1 aromatic heterocycles. The third kappa shape index (κ3) is 4.68. The number of nitrogens with zero attached hydrogens (tertiary/aromatic N) is 2. The SMILES string of the molecule is COc1cccc(CSc2nc3c(OC)c(OC)c(OC)cc3c(=O)n2Cc2ccccc2)c1. The van der Waals surface area contributed by atoms with Crippen LogP contribution in [0.4, 0.5) is 0 Å². The maximum Gasteiger partial charge on any atom is 0.262 e. The van der Waals surface area contributed by atoms with Crippen molar-refractivity contribution in [1.29, 1.82) is 0 Å². The van der Waals surface area contributed by atoms with Crippen molar-refractivity contribution < 1.29 is 18.9 Å². The van der Waals surface area contributed by atoms with E-state index < -0.39 is 0 Å². The van der Waals surface area contributed by atoms with Gasteiger partial charge in [-0.3, -0.25) is 9.36 Å². The summed E-state index contributed by atoms with van der Waals surface area (Å²) < 4.78 is 23.6. The molecule has 4 rings (SSSR count). The molecule has 0 unspecified atom stereocenters. The molecule has 7 nitrogen and oxygen atoms in total. The van der Waals surface area contributed by atoms with Crippen molar-refractivity contribution in [2.75, 3.05) is 28.4 Å². The smallest absolute Gasteiger partial charge is 0.262 e. The molecule has 1 heterocycles. The molecule has 0 bridgehead atoms. The van der Waals surface area contributed by atoms with Crippen LogP contribution < -0.4 is 24.5 Å². The second-order valence-corrected chi connectivity index (χ2v) is 8.40. The molecule has 8 heteroatoms. The van der Waals surface area contributed by atoms with Crippen molar-refractivity contribution in [1.82, 2.24) is 9.55 Å². The van der Waals surface area contributed by atoms with Crippen LogP contribution in [-0.4, -0.2) is 38.0 Å². The first kappa shape index (κ1) is 23.5. The monoisotopic (exact) mass is 478 g/mol. The summed E-state index contributed by atoms with van der Waals surface area (Å²) in [4.78, 5) is 18.6. The van der Waals surface area contributed by atoms with E-state index >= 15 is 0 Å². The number of aromatic nitrogens is 2. The van der Waals surface area contributed by atoms with Crippen LogP contribution in [0.1, 0.15) is 11.1 Å². The van der Waals surface area contributed by atoms with Crippen molar-refractivity contribution in [3.05, 3.63) is 82.1 Å². The topological polar surface area (TPSA) is 71.8 Å². The van der Waals surface area contributed by atoms with Gasteiger partial charge in [0, 0.05) is 5.75 Å². The minimum Gasteiger partial charge on any atom is -0.497 e. The van der Waals surface area contributed by atoms with E-state index in [9.17, 15) is 4.79 Å². The van der Waals surface area contributed by atoms with E-state index in [1.807, 2.05) is 54.6 Å². The van der Waals surface area contributed by atoms with Crippen LogP contribution in [0.25, 0.3) is 10.9 Å². The fraction of sp³-hybridized carbons (Fsp3) is 0.231. The zero-order valence-electron chi connectivity index (χ0n) is 19.5. The molecular weight excluding hydrogens is 452 g/mol. The second-order valence-electron chi connectivity index (χ2n) is 7.45. The molecule has 3 aromatic carbocycles. The number of hydrogen-bond donors (Lipinski definition) is 0. The summed E-state index contributed by atoms with van der Waals surface area (Å²) in [6, 6.07) is 19.3. The summed E-state index contributed by atoms with van der Waals surface area (Å²) in [6.45, 7) is 0.389. The average Bonchev–Trinajstić information content (AvgIpc) is 2.88. The Kier molecular flexibility index (Phi) is 7.27. The fourth-order valence-corrected chi connectivity index (χ4v) is 4.66. The molecule has 0 aliphatic carbocycles. The predicted octanol–water partition coefficient (Wildman–Crippen LogP) is 4.77. The zero-order valence-corrected chi connectivity index (χ0v) is 20.3. The van der Waals surface area contributed by atoms with Crippen molar-refractivity contribution in [2.24, 2.45) is 0 Å². The van der Waals surface area contributed by atoms with Crippen LogP contribution in [0.2, 0.25) is 0 Å². The molecule has 0 fully saturated rings. The number of fused-ring (bicyclic) bond motifs is 1. The van der Waals surface area contributed by atoms with E-state index in [0.717, 1.165) is 16.9 Å². The maximum atomic E-state index is 13.7. The Labute approximate surface area is 202 Å². The lowest BCUT2D eigenvalue weighted by molar-refractivity contribution is 0.326. The molecule has 0 aliphatic heterocycles. The van der Waals surface area contributed by atoms with Crippen molar-refractivity contribution in [3.63, 3.8) is 0 Å². The van der Waals surface area contributed by atoms with Crippen LogP contribution in [0.3, 0.4) is 0 Å². The standard InChI is InChI=1S/C26H26N2O5S/c1-30-19-12-8-11-18(13-19)16-34-26-27-22-20(14-21(31-2)23(32-3)24(22)33-4)25(29)28(26)15-17-9-6-5-7-10-17/h5-14H,15-16H2,1-4H3. The Morgan fingerprint density at radius 2 is 1.56 bits per heavy atom. The van der Waals surface area contributed by atoms with Crippen LogP contribution >= 0.6 is 11.8 Å². The predicted molar refractivity (Wildman–Crippen MR) is 134 cm³/mol. The summed E-state index contributed by atoms with van der Waals surface area (Å²) in [5.41, 5.74) is 2.31. The number of benzene rings is 3. The van der Waals surface area contributed by atoms with E-state index in [4.69, 9.17) is 23.9 Å². The summed E-state index contributed by atoms with van der Waals surface area (Å²) in [6.07, 6.45) is 0. The van der Waals surface area contributed by atoms with Crippen LogP contribution in [-0.2, 0) is 12.3 Å². The van der Waals surface area contributed by atoms with Gasteiger partial charge < -0.3 is 18.9 Å². The number of methoxy groups -OCH3 is 4. The van der Waals surface area contributed by atoms with Crippen molar-refractivity contribution in [3.8, 4) is 23.0 Å². The van der Waals surface area contributed by atoms with Gasteiger partial charge in [0.05, 0.1) is 40.4 Å². The summed E-state index contributed by atoms with van der Waals surface area (Å²) in [5, 5.41) is 0.978. The molecule has 0 radical (unpaired) electrons. The Bertz CT molecular complexity index is 1360. The maximum absolute atomic E-state index is 13.7. The van der Waals surface area contributed by atoms with E-state index in [-0.39, 0.29) is 5.56 Å². The van der Waals surface area contributed by atoms with Gasteiger partial charge in [0.2, 0.25) is 5.75 Å². The molecule has 176 valence electrons. The first-order valence-electron chi connectivity index (χ1n) is 10.6. The molecular formula is C26H26N2O5S. The van der Waals surface area contributed by atoms with Gasteiger partial charge in [0.1, 0.15) is 11.3 Å². The zero-order chi connectivity index (χ0) is 24.1. The lowest BCUT2D eigenvalue weighted by atomic mass is 10.2. The normalized spacial score (nSPS) is 10.8. The van der Waals surface area contributed by atoms with Crippen molar-refractivity contribution >= 4 is 22.7 Å². The second kappa shape index (κ2) is 10.5. The molecule has 0 spiro atoms.